The predicted octanol–water partition coefficient (Wildman–Crippen LogP) is 3.20. The summed E-state index contributed by atoms with van der Waals surface area (Å²) in [5.41, 5.74) is 0. The highest BCUT2D eigenvalue weighted by Crippen LogP contribution is 2.23. The fourth-order valence-electron chi connectivity index (χ4n) is 2.34. The molecule has 0 atom stereocenters. The van der Waals surface area contributed by atoms with Gasteiger partial charge < -0.3 is 0 Å². The molecule has 5 heteroatoms. The minimum atomic E-state index is -3.42. The maximum atomic E-state index is 12.1. The third-order valence-corrected chi connectivity index (χ3v) is 5.05. The van der Waals surface area contributed by atoms with E-state index < -0.39 is 10.0 Å². The quantitative estimate of drug-likeness (QED) is 0.924. The number of sulfonamides is 1. The summed E-state index contributed by atoms with van der Waals surface area (Å²) >= 11 is 5.81. The molecule has 0 aliphatic heterocycles. The molecule has 100 valence electrons. The highest BCUT2D eigenvalue weighted by atomic mass is 35.5. The van der Waals surface area contributed by atoms with Gasteiger partial charge in [-0.1, -0.05) is 36.9 Å². The van der Waals surface area contributed by atoms with Crippen molar-refractivity contribution < 1.29 is 8.42 Å². The number of nitrogens with one attached hydrogen (secondary N) is 1. The first kappa shape index (κ1) is 13.8. The van der Waals surface area contributed by atoms with Crippen LogP contribution in [-0.4, -0.2) is 15.0 Å². The third-order valence-electron chi connectivity index (χ3n) is 3.39. The van der Waals surface area contributed by atoms with Gasteiger partial charge in [-0.3, -0.25) is 0 Å². The number of rotatable bonds is 4. The van der Waals surface area contributed by atoms with Crippen molar-refractivity contribution in [2.75, 3.05) is 6.54 Å². The van der Waals surface area contributed by atoms with Crippen LogP contribution in [0, 0.1) is 5.92 Å². The Labute approximate surface area is 114 Å². The smallest absolute Gasteiger partial charge is 0.211 e. The summed E-state index contributed by atoms with van der Waals surface area (Å²) in [5.74, 6) is 0.479. The first-order valence-corrected chi connectivity index (χ1v) is 8.19. The molecule has 1 aromatic rings. The molecule has 2 rings (SSSR count). The first-order chi connectivity index (χ1) is 8.58. The lowest BCUT2D eigenvalue weighted by Gasteiger charge is -2.21. The summed E-state index contributed by atoms with van der Waals surface area (Å²) in [4.78, 5) is 0.241. The molecule has 0 unspecified atom stereocenters. The zero-order chi connectivity index (χ0) is 13.0. The van der Waals surface area contributed by atoms with E-state index in [1.165, 1.54) is 25.3 Å². The van der Waals surface area contributed by atoms with E-state index in [0.717, 1.165) is 12.8 Å². The Morgan fingerprint density at radius 2 is 1.94 bits per heavy atom. The van der Waals surface area contributed by atoms with Crippen LogP contribution >= 0.6 is 11.6 Å². The summed E-state index contributed by atoms with van der Waals surface area (Å²) in [7, 11) is -3.42. The summed E-state index contributed by atoms with van der Waals surface area (Å²) < 4.78 is 26.8. The monoisotopic (exact) mass is 287 g/mol. The van der Waals surface area contributed by atoms with Gasteiger partial charge in [0, 0.05) is 11.6 Å². The van der Waals surface area contributed by atoms with Crippen molar-refractivity contribution in [1.82, 2.24) is 4.72 Å². The van der Waals surface area contributed by atoms with Crippen LogP contribution in [0.3, 0.4) is 0 Å². The van der Waals surface area contributed by atoms with Crippen LogP contribution in [0.15, 0.2) is 29.2 Å². The van der Waals surface area contributed by atoms with E-state index in [1.54, 1.807) is 18.2 Å². The molecule has 0 bridgehead atoms. The van der Waals surface area contributed by atoms with Gasteiger partial charge in [-0.05, 0) is 37.0 Å². The van der Waals surface area contributed by atoms with Gasteiger partial charge in [0.15, 0.2) is 0 Å². The molecule has 0 amide bonds. The number of benzene rings is 1. The Balaban J connectivity index is 1.98. The molecule has 0 heterocycles. The maximum Gasteiger partial charge on any atom is 0.240 e. The Hall–Kier alpha value is -0.580. The molecule has 0 radical (unpaired) electrons. The summed E-state index contributed by atoms with van der Waals surface area (Å²) in [6.07, 6.45) is 5.95. The van der Waals surface area contributed by atoms with Crippen LogP contribution in [0.25, 0.3) is 0 Å². The standard InChI is InChI=1S/C13H18ClNO2S/c14-12-7-4-8-13(9-12)18(16,17)15-10-11-5-2-1-3-6-11/h4,7-9,11,15H,1-3,5-6,10H2. The van der Waals surface area contributed by atoms with E-state index in [2.05, 4.69) is 4.72 Å². The molecule has 0 saturated heterocycles. The van der Waals surface area contributed by atoms with Crippen LogP contribution in [0.5, 0.6) is 0 Å². The van der Waals surface area contributed by atoms with Crippen molar-refractivity contribution in [2.24, 2.45) is 5.92 Å². The minimum Gasteiger partial charge on any atom is -0.211 e. The van der Waals surface area contributed by atoms with Gasteiger partial charge in [-0.15, -0.1) is 0 Å². The van der Waals surface area contributed by atoms with E-state index >= 15 is 0 Å². The Morgan fingerprint density at radius 1 is 1.22 bits per heavy atom. The van der Waals surface area contributed by atoms with Gasteiger partial charge in [-0.25, -0.2) is 13.1 Å². The fraction of sp³-hybridized carbons (Fsp3) is 0.538. The topological polar surface area (TPSA) is 46.2 Å². The highest BCUT2D eigenvalue weighted by molar-refractivity contribution is 7.89. The molecule has 1 aliphatic carbocycles. The van der Waals surface area contributed by atoms with Crippen LogP contribution in [0.2, 0.25) is 5.02 Å². The number of hydrogen-bond acceptors (Lipinski definition) is 2. The molecule has 3 nitrogen and oxygen atoms in total. The molecule has 1 saturated carbocycles. The molecular formula is C13H18ClNO2S. The van der Waals surface area contributed by atoms with E-state index in [4.69, 9.17) is 11.6 Å². The zero-order valence-corrected chi connectivity index (χ0v) is 11.8. The largest absolute Gasteiger partial charge is 0.240 e. The number of halogens is 1. The van der Waals surface area contributed by atoms with Crippen LogP contribution in [0.1, 0.15) is 32.1 Å². The van der Waals surface area contributed by atoms with Crippen LogP contribution in [-0.2, 0) is 10.0 Å². The van der Waals surface area contributed by atoms with Crippen molar-refractivity contribution in [3.05, 3.63) is 29.3 Å². The summed E-state index contributed by atoms with van der Waals surface area (Å²) in [6.45, 7) is 0.537. The Bertz CT molecular complexity index is 495. The van der Waals surface area contributed by atoms with Gasteiger partial charge >= 0.3 is 0 Å². The predicted molar refractivity (Wildman–Crippen MR) is 73.2 cm³/mol. The van der Waals surface area contributed by atoms with E-state index in [0.29, 0.717) is 17.5 Å². The molecule has 0 spiro atoms. The van der Waals surface area contributed by atoms with Gasteiger partial charge in [0.1, 0.15) is 0 Å². The lowest BCUT2D eigenvalue weighted by molar-refractivity contribution is 0.357. The van der Waals surface area contributed by atoms with Crippen molar-refractivity contribution in [3.8, 4) is 0 Å². The fourth-order valence-corrected chi connectivity index (χ4v) is 3.75. The lowest BCUT2D eigenvalue weighted by atomic mass is 9.90. The second-order valence-corrected chi connectivity index (χ2v) is 7.02. The second-order valence-electron chi connectivity index (χ2n) is 4.81. The van der Waals surface area contributed by atoms with Crippen LogP contribution in [0.4, 0.5) is 0 Å². The number of hydrogen-bond donors (Lipinski definition) is 1. The van der Waals surface area contributed by atoms with Crippen molar-refractivity contribution in [1.29, 1.82) is 0 Å². The molecule has 1 fully saturated rings. The normalized spacial score (nSPS) is 17.8. The molecule has 1 N–H and O–H groups in total. The lowest BCUT2D eigenvalue weighted by Crippen LogP contribution is -2.30. The molecule has 0 aromatic heterocycles. The SMILES string of the molecule is O=S(=O)(NCC1CCCCC1)c1cccc(Cl)c1. The van der Waals surface area contributed by atoms with E-state index in [9.17, 15) is 8.42 Å². The van der Waals surface area contributed by atoms with Crippen molar-refractivity contribution in [3.63, 3.8) is 0 Å². The van der Waals surface area contributed by atoms with Gasteiger partial charge in [0.05, 0.1) is 4.90 Å². The molecule has 18 heavy (non-hydrogen) atoms. The molecule has 1 aromatic carbocycles. The van der Waals surface area contributed by atoms with Crippen molar-refractivity contribution >= 4 is 21.6 Å². The second kappa shape index (κ2) is 6.04. The third kappa shape index (κ3) is 3.70. The van der Waals surface area contributed by atoms with Crippen molar-refractivity contribution in [2.45, 2.75) is 37.0 Å². The van der Waals surface area contributed by atoms with E-state index in [1.807, 2.05) is 0 Å². The van der Waals surface area contributed by atoms with Crippen LogP contribution < -0.4 is 4.72 Å². The highest BCUT2D eigenvalue weighted by Gasteiger charge is 2.18. The van der Waals surface area contributed by atoms with Gasteiger partial charge in [0.25, 0.3) is 0 Å². The minimum absolute atomic E-state index is 0.241. The molecular weight excluding hydrogens is 270 g/mol. The summed E-state index contributed by atoms with van der Waals surface area (Å²) in [6, 6.07) is 6.36. The Kier molecular flexibility index (Phi) is 4.65. The maximum absolute atomic E-state index is 12.1. The average Bonchev–Trinajstić information content (AvgIpc) is 2.38. The van der Waals surface area contributed by atoms with Gasteiger partial charge in [0.2, 0.25) is 10.0 Å². The Morgan fingerprint density at radius 3 is 2.61 bits per heavy atom. The zero-order valence-electron chi connectivity index (χ0n) is 10.2. The van der Waals surface area contributed by atoms with E-state index in [-0.39, 0.29) is 4.90 Å². The molecule has 1 aliphatic rings. The average molecular weight is 288 g/mol. The summed E-state index contributed by atoms with van der Waals surface area (Å²) in [5, 5.41) is 0.440. The van der Waals surface area contributed by atoms with Gasteiger partial charge in [-0.2, -0.15) is 0 Å². The first-order valence-electron chi connectivity index (χ1n) is 6.33.